The fourth-order valence-electron chi connectivity index (χ4n) is 3.96. The lowest BCUT2D eigenvalue weighted by molar-refractivity contribution is -0.145. The molecular weight excluding hydrogens is 418 g/mol. The summed E-state index contributed by atoms with van der Waals surface area (Å²) in [5, 5.41) is 11.5. The van der Waals surface area contributed by atoms with Gasteiger partial charge in [0.15, 0.2) is 0 Å². The van der Waals surface area contributed by atoms with E-state index in [2.05, 4.69) is 17.4 Å². The number of hydrogen-bond acceptors (Lipinski definition) is 5. The zero-order chi connectivity index (χ0) is 21.5. The second kappa shape index (κ2) is 11.9. The number of amides is 2. The van der Waals surface area contributed by atoms with E-state index in [9.17, 15) is 19.5 Å². The molecule has 3 rings (SSSR count). The van der Waals surface area contributed by atoms with Crippen LogP contribution in [0.15, 0.2) is 12.1 Å². The normalized spacial score (nSPS) is 16.4. The third-order valence-corrected chi connectivity index (χ3v) is 5.76. The van der Waals surface area contributed by atoms with Crippen molar-refractivity contribution in [3.05, 3.63) is 29.1 Å². The minimum absolute atomic E-state index is 0. The van der Waals surface area contributed by atoms with E-state index in [1.165, 1.54) is 24.1 Å². The van der Waals surface area contributed by atoms with Crippen LogP contribution in [-0.4, -0.2) is 58.7 Å². The Balaban J connectivity index is 0.00000341. The van der Waals surface area contributed by atoms with Gasteiger partial charge in [0.1, 0.15) is 6.04 Å². The van der Waals surface area contributed by atoms with Crippen molar-refractivity contribution in [2.45, 2.75) is 64.3 Å². The highest BCUT2D eigenvalue weighted by Crippen LogP contribution is 2.24. The Labute approximate surface area is 190 Å². The van der Waals surface area contributed by atoms with Gasteiger partial charge in [-0.25, -0.2) is 9.59 Å². The van der Waals surface area contributed by atoms with E-state index in [1.54, 1.807) is 4.90 Å². The lowest BCUT2D eigenvalue weighted by Crippen LogP contribution is -2.53. The van der Waals surface area contributed by atoms with E-state index in [0.29, 0.717) is 25.4 Å². The van der Waals surface area contributed by atoms with E-state index >= 15 is 0 Å². The van der Waals surface area contributed by atoms with Crippen molar-refractivity contribution in [3.8, 4) is 0 Å². The maximum absolute atomic E-state index is 12.4. The Hall–Kier alpha value is -2.29. The monoisotopic (exact) mass is 451 g/mol. The largest absolute Gasteiger partial charge is 0.480 e. The van der Waals surface area contributed by atoms with Crippen molar-refractivity contribution in [2.24, 2.45) is 5.92 Å². The number of carbonyl (C=O) groups excluding carboxylic acids is 2. The maximum atomic E-state index is 12.4. The van der Waals surface area contributed by atoms with Crippen molar-refractivity contribution in [3.63, 3.8) is 0 Å². The molecule has 1 aliphatic heterocycles. The Morgan fingerprint density at radius 1 is 1.26 bits per heavy atom. The molecule has 1 aromatic heterocycles. The molecule has 0 unspecified atom stereocenters. The number of likely N-dealkylation sites (tertiary alicyclic amines) is 1. The first-order valence-electron chi connectivity index (χ1n) is 10.9. The Kier molecular flexibility index (Phi) is 9.61. The molecule has 2 heterocycles. The smallest absolute Gasteiger partial charge is 0.407 e. The lowest BCUT2D eigenvalue weighted by atomic mass is 9.92. The molecule has 172 valence electrons. The standard InChI is InChI=1S/C22H31N3O5.H2S/c1-2-11-30-22(29)24-19(21(27)28)12-20(26)25-13-15(14-25)7-9-17-10-8-16-5-3-4-6-18(16)23-17;/h8,10,15,19H,2-7,9,11-14H2,1H3,(H,24,29)(H,27,28);1H2/t19-;/m0./s1. The first-order valence-corrected chi connectivity index (χ1v) is 10.9. The van der Waals surface area contributed by atoms with Gasteiger partial charge in [-0.15, -0.1) is 0 Å². The molecule has 2 N–H and O–H groups in total. The van der Waals surface area contributed by atoms with Crippen LogP contribution in [0, 0.1) is 5.92 Å². The van der Waals surface area contributed by atoms with Crippen molar-refractivity contribution < 1.29 is 24.2 Å². The molecule has 0 radical (unpaired) electrons. The molecule has 8 nitrogen and oxygen atoms in total. The van der Waals surface area contributed by atoms with Gasteiger partial charge >= 0.3 is 12.1 Å². The number of aliphatic carboxylic acids is 1. The number of alkyl carbamates (subject to hydrolysis) is 1. The first-order chi connectivity index (χ1) is 14.5. The fourth-order valence-corrected chi connectivity index (χ4v) is 3.96. The number of nitrogens with zero attached hydrogens (tertiary/aromatic N) is 2. The number of pyridine rings is 1. The van der Waals surface area contributed by atoms with E-state index in [1.807, 2.05) is 6.92 Å². The minimum atomic E-state index is -1.28. The number of aromatic nitrogens is 1. The molecule has 1 atom stereocenters. The second-order valence-corrected chi connectivity index (χ2v) is 8.19. The van der Waals surface area contributed by atoms with Crippen LogP contribution < -0.4 is 5.32 Å². The average molecular weight is 452 g/mol. The summed E-state index contributed by atoms with van der Waals surface area (Å²) >= 11 is 0. The molecule has 31 heavy (non-hydrogen) atoms. The SMILES string of the molecule is CCCOC(=O)N[C@@H](CC(=O)N1CC(CCc2ccc3c(n2)CCCC3)C1)C(=O)O.S. The van der Waals surface area contributed by atoms with Gasteiger partial charge in [0, 0.05) is 24.5 Å². The molecule has 9 heteroatoms. The van der Waals surface area contributed by atoms with Gasteiger partial charge in [0.05, 0.1) is 13.0 Å². The predicted molar refractivity (Wildman–Crippen MR) is 120 cm³/mol. The average Bonchev–Trinajstić information content (AvgIpc) is 2.70. The predicted octanol–water partition coefficient (Wildman–Crippen LogP) is 2.44. The van der Waals surface area contributed by atoms with Crippen LogP contribution in [0.1, 0.15) is 56.0 Å². The maximum Gasteiger partial charge on any atom is 0.407 e. The molecule has 2 amide bonds. The molecule has 1 fully saturated rings. The molecule has 0 saturated carbocycles. The molecule has 0 spiro atoms. The van der Waals surface area contributed by atoms with Crippen LogP contribution in [0.5, 0.6) is 0 Å². The minimum Gasteiger partial charge on any atom is -0.480 e. The Bertz CT molecular complexity index is 782. The second-order valence-electron chi connectivity index (χ2n) is 8.19. The van der Waals surface area contributed by atoms with E-state index in [-0.39, 0.29) is 32.4 Å². The summed E-state index contributed by atoms with van der Waals surface area (Å²) in [6, 6.07) is 3.05. The number of aryl methyl sites for hydroxylation is 3. The number of hydrogen-bond donors (Lipinski definition) is 2. The van der Waals surface area contributed by atoms with Crippen LogP contribution in [0.25, 0.3) is 0 Å². The van der Waals surface area contributed by atoms with Gasteiger partial charge in [-0.2, -0.15) is 13.5 Å². The number of fused-ring (bicyclic) bond motifs is 1. The summed E-state index contributed by atoms with van der Waals surface area (Å²) in [5.41, 5.74) is 3.74. The van der Waals surface area contributed by atoms with Crippen molar-refractivity contribution >= 4 is 31.5 Å². The Morgan fingerprint density at radius 3 is 2.71 bits per heavy atom. The summed E-state index contributed by atoms with van der Waals surface area (Å²) in [5.74, 6) is -1.11. The fraction of sp³-hybridized carbons (Fsp3) is 0.636. The zero-order valence-corrected chi connectivity index (χ0v) is 19.1. The number of nitrogens with one attached hydrogen (secondary N) is 1. The summed E-state index contributed by atoms with van der Waals surface area (Å²) in [6.07, 6.45) is 6.07. The quantitative estimate of drug-likeness (QED) is 0.597. The topological polar surface area (TPSA) is 109 Å². The molecular formula is C22H33N3O5S. The van der Waals surface area contributed by atoms with Crippen molar-refractivity contribution in [2.75, 3.05) is 19.7 Å². The molecule has 1 aliphatic carbocycles. The summed E-state index contributed by atoms with van der Waals surface area (Å²) in [7, 11) is 0. The van der Waals surface area contributed by atoms with Crippen LogP contribution in [0.4, 0.5) is 4.79 Å². The number of rotatable bonds is 9. The first kappa shape index (κ1) is 25.0. The third kappa shape index (κ3) is 7.12. The third-order valence-electron chi connectivity index (χ3n) is 5.76. The van der Waals surface area contributed by atoms with Gasteiger partial charge in [0.25, 0.3) is 0 Å². The van der Waals surface area contributed by atoms with Gasteiger partial charge in [0.2, 0.25) is 5.91 Å². The highest BCUT2D eigenvalue weighted by molar-refractivity contribution is 7.59. The summed E-state index contributed by atoms with van der Waals surface area (Å²) in [6.45, 7) is 3.29. The van der Waals surface area contributed by atoms with E-state index in [0.717, 1.165) is 31.4 Å². The summed E-state index contributed by atoms with van der Waals surface area (Å²) < 4.78 is 4.84. The van der Waals surface area contributed by atoms with Gasteiger partial charge in [-0.3, -0.25) is 9.78 Å². The van der Waals surface area contributed by atoms with Crippen LogP contribution in [0.3, 0.4) is 0 Å². The van der Waals surface area contributed by atoms with E-state index < -0.39 is 18.1 Å². The van der Waals surface area contributed by atoms with Gasteiger partial charge < -0.3 is 20.1 Å². The van der Waals surface area contributed by atoms with Crippen molar-refractivity contribution in [1.82, 2.24) is 15.2 Å². The van der Waals surface area contributed by atoms with Crippen LogP contribution in [-0.2, 0) is 33.6 Å². The number of ether oxygens (including phenoxy) is 1. The number of carboxylic acids is 1. The number of carbonyl (C=O) groups is 3. The molecule has 0 bridgehead atoms. The van der Waals surface area contributed by atoms with Crippen LogP contribution in [0.2, 0.25) is 0 Å². The highest BCUT2D eigenvalue weighted by Gasteiger charge is 2.33. The number of carboxylic acid groups (broad SMARTS) is 1. The zero-order valence-electron chi connectivity index (χ0n) is 18.1. The van der Waals surface area contributed by atoms with E-state index in [4.69, 9.17) is 9.72 Å². The van der Waals surface area contributed by atoms with Gasteiger partial charge in [-0.05, 0) is 62.5 Å². The molecule has 1 aromatic rings. The summed E-state index contributed by atoms with van der Waals surface area (Å²) in [4.78, 5) is 41.8. The molecule has 1 saturated heterocycles. The van der Waals surface area contributed by atoms with Crippen molar-refractivity contribution in [1.29, 1.82) is 0 Å². The highest BCUT2D eigenvalue weighted by atomic mass is 32.1. The van der Waals surface area contributed by atoms with Crippen LogP contribution >= 0.6 is 13.5 Å². The lowest BCUT2D eigenvalue weighted by Gasteiger charge is -2.40. The molecule has 0 aromatic carbocycles. The Morgan fingerprint density at radius 2 is 2.00 bits per heavy atom. The van der Waals surface area contributed by atoms with Gasteiger partial charge in [-0.1, -0.05) is 13.0 Å². The molecule has 2 aliphatic rings.